The predicted octanol–water partition coefficient (Wildman–Crippen LogP) is 3.93. The van der Waals surface area contributed by atoms with Gasteiger partial charge in [-0.05, 0) is 54.6 Å². The van der Waals surface area contributed by atoms with Gasteiger partial charge in [0.1, 0.15) is 6.54 Å². The summed E-state index contributed by atoms with van der Waals surface area (Å²) < 4.78 is 27.5. The summed E-state index contributed by atoms with van der Waals surface area (Å²) in [7, 11) is -4.08. The lowest BCUT2D eigenvalue weighted by Gasteiger charge is -2.24. The van der Waals surface area contributed by atoms with Crippen molar-refractivity contribution in [2.24, 2.45) is 5.73 Å². The number of anilines is 2. The molecule has 3 aromatic rings. The maximum atomic E-state index is 13.3. The van der Waals surface area contributed by atoms with Crippen molar-refractivity contribution in [2.45, 2.75) is 4.90 Å². The molecule has 0 spiro atoms. The van der Waals surface area contributed by atoms with Gasteiger partial charge < -0.3 is 11.1 Å². The van der Waals surface area contributed by atoms with Crippen molar-refractivity contribution >= 4 is 56.4 Å². The first-order valence-corrected chi connectivity index (χ1v) is 11.1. The molecule has 0 aromatic heterocycles. The Hall–Kier alpha value is -3.07. The third kappa shape index (κ3) is 5.35. The normalized spacial score (nSPS) is 11.0. The smallest absolute Gasteiger partial charge is 0.264 e. The summed E-state index contributed by atoms with van der Waals surface area (Å²) in [5, 5.41) is 3.00. The number of carbonyl (C=O) groups excluding carboxylic acids is 2. The Labute approximate surface area is 189 Å². The first kappa shape index (κ1) is 22.6. The van der Waals surface area contributed by atoms with Gasteiger partial charge in [0.05, 0.1) is 20.6 Å². The molecule has 2 amide bonds. The molecule has 3 aromatic carbocycles. The molecule has 0 aliphatic heterocycles. The fourth-order valence-corrected chi connectivity index (χ4v) is 4.45. The first-order chi connectivity index (χ1) is 14.7. The molecule has 3 N–H and O–H groups in total. The van der Waals surface area contributed by atoms with Gasteiger partial charge in [0, 0.05) is 11.3 Å². The van der Waals surface area contributed by atoms with Crippen molar-refractivity contribution < 1.29 is 18.0 Å². The van der Waals surface area contributed by atoms with Gasteiger partial charge in [-0.1, -0.05) is 41.4 Å². The second-order valence-electron chi connectivity index (χ2n) is 6.41. The number of sulfonamides is 1. The van der Waals surface area contributed by atoms with Crippen LogP contribution in [0.15, 0.2) is 77.7 Å². The second-order valence-corrected chi connectivity index (χ2v) is 9.09. The van der Waals surface area contributed by atoms with E-state index in [-0.39, 0.29) is 26.2 Å². The molecule has 0 atom stereocenters. The summed E-state index contributed by atoms with van der Waals surface area (Å²) in [6.07, 6.45) is 0. The van der Waals surface area contributed by atoms with E-state index in [9.17, 15) is 18.0 Å². The minimum atomic E-state index is -4.08. The Morgan fingerprint density at radius 3 is 2.13 bits per heavy atom. The predicted molar refractivity (Wildman–Crippen MR) is 121 cm³/mol. The van der Waals surface area contributed by atoms with Crippen LogP contribution in [-0.4, -0.2) is 26.8 Å². The van der Waals surface area contributed by atoms with Gasteiger partial charge in [-0.15, -0.1) is 0 Å². The SMILES string of the molecule is NC(=O)c1ccc(NC(=O)CN(c2ccc(Cl)c(Cl)c2)S(=O)(=O)c2ccccc2)cc1. The van der Waals surface area contributed by atoms with Crippen molar-refractivity contribution in [3.05, 3.63) is 88.4 Å². The number of primary amides is 1. The summed E-state index contributed by atoms with van der Waals surface area (Å²) >= 11 is 12.0. The van der Waals surface area contributed by atoms with Crippen molar-refractivity contribution in [1.29, 1.82) is 0 Å². The lowest BCUT2D eigenvalue weighted by Crippen LogP contribution is -2.38. The molecule has 31 heavy (non-hydrogen) atoms. The Morgan fingerprint density at radius 2 is 1.55 bits per heavy atom. The van der Waals surface area contributed by atoms with Crippen LogP contribution in [0.2, 0.25) is 10.0 Å². The number of nitrogens with zero attached hydrogens (tertiary/aromatic N) is 1. The summed E-state index contributed by atoms with van der Waals surface area (Å²) in [4.78, 5) is 23.9. The van der Waals surface area contributed by atoms with Gasteiger partial charge in [-0.3, -0.25) is 13.9 Å². The van der Waals surface area contributed by atoms with Gasteiger partial charge in [0.2, 0.25) is 11.8 Å². The van der Waals surface area contributed by atoms with Crippen LogP contribution < -0.4 is 15.4 Å². The lowest BCUT2D eigenvalue weighted by molar-refractivity contribution is -0.114. The molecule has 0 aliphatic carbocycles. The summed E-state index contributed by atoms with van der Waals surface area (Å²) in [5.74, 6) is -1.20. The third-order valence-corrected chi connectivity index (χ3v) is 6.79. The molecule has 0 unspecified atom stereocenters. The maximum absolute atomic E-state index is 13.3. The zero-order valence-corrected chi connectivity index (χ0v) is 18.3. The average Bonchev–Trinajstić information content (AvgIpc) is 2.75. The van der Waals surface area contributed by atoms with Crippen LogP contribution >= 0.6 is 23.2 Å². The fraction of sp³-hybridized carbons (Fsp3) is 0.0476. The van der Waals surface area contributed by atoms with E-state index in [0.717, 1.165) is 4.31 Å². The van der Waals surface area contributed by atoms with E-state index in [0.29, 0.717) is 5.69 Å². The number of carbonyl (C=O) groups is 2. The number of hydrogen-bond acceptors (Lipinski definition) is 4. The molecular weight excluding hydrogens is 461 g/mol. The number of nitrogens with two attached hydrogens (primary N) is 1. The Balaban J connectivity index is 1.91. The fourth-order valence-electron chi connectivity index (χ4n) is 2.72. The molecule has 0 saturated heterocycles. The molecule has 160 valence electrons. The third-order valence-electron chi connectivity index (χ3n) is 4.26. The van der Waals surface area contributed by atoms with Crippen LogP contribution in [0.3, 0.4) is 0 Å². The van der Waals surface area contributed by atoms with Crippen molar-refractivity contribution in [3.63, 3.8) is 0 Å². The topological polar surface area (TPSA) is 110 Å². The highest BCUT2D eigenvalue weighted by Gasteiger charge is 2.27. The number of nitrogens with one attached hydrogen (secondary N) is 1. The van der Waals surface area contributed by atoms with E-state index >= 15 is 0 Å². The highest BCUT2D eigenvalue weighted by Crippen LogP contribution is 2.30. The maximum Gasteiger partial charge on any atom is 0.264 e. The summed E-state index contributed by atoms with van der Waals surface area (Å²) in [5.41, 5.74) is 6.04. The molecule has 0 aliphatic rings. The van der Waals surface area contributed by atoms with Gasteiger partial charge in [-0.2, -0.15) is 0 Å². The quantitative estimate of drug-likeness (QED) is 0.536. The zero-order valence-electron chi connectivity index (χ0n) is 16.0. The number of halogens is 2. The molecule has 0 bridgehead atoms. The van der Waals surface area contributed by atoms with Crippen molar-refractivity contribution in [1.82, 2.24) is 0 Å². The number of amides is 2. The minimum Gasteiger partial charge on any atom is -0.366 e. The van der Waals surface area contributed by atoms with Gasteiger partial charge in [0.15, 0.2) is 0 Å². The van der Waals surface area contributed by atoms with Crippen LogP contribution in [0.4, 0.5) is 11.4 Å². The molecule has 3 rings (SSSR count). The summed E-state index contributed by atoms with van der Waals surface area (Å²) in [6.45, 7) is -0.521. The van der Waals surface area contributed by atoms with Gasteiger partial charge in [-0.25, -0.2) is 8.42 Å². The molecule has 10 heteroatoms. The molecule has 7 nitrogen and oxygen atoms in total. The average molecular weight is 478 g/mol. The van der Waals surface area contributed by atoms with E-state index in [2.05, 4.69) is 5.32 Å². The molecule has 0 fully saturated rings. The molecule has 0 saturated carbocycles. The first-order valence-electron chi connectivity index (χ1n) is 8.91. The van der Waals surface area contributed by atoms with E-state index in [1.165, 1.54) is 54.6 Å². The number of hydrogen-bond donors (Lipinski definition) is 2. The van der Waals surface area contributed by atoms with Crippen molar-refractivity contribution in [3.8, 4) is 0 Å². The van der Waals surface area contributed by atoms with E-state index in [1.807, 2.05) is 0 Å². The van der Waals surface area contributed by atoms with Crippen LogP contribution in [0.1, 0.15) is 10.4 Å². The van der Waals surface area contributed by atoms with E-state index in [4.69, 9.17) is 28.9 Å². The Morgan fingerprint density at radius 1 is 0.903 bits per heavy atom. The van der Waals surface area contributed by atoms with E-state index < -0.39 is 28.4 Å². The van der Waals surface area contributed by atoms with Crippen LogP contribution in [-0.2, 0) is 14.8 Å². The standard InChI is InChI=1S/C21H17Cl2N3O4S/c22-18-11-10-16(12-19(18)23)26(31(29,30)17-4-2-1-3-5-17)13-20(27)25-15-8-6-14(7-9-15)21(24)28/h1-12H,13H2,(H2,24,28)(H,25,27). The number of benzene rings is 3. The van der Waals surface area contributed by atoms with Crippen LogP contribution in [0.25, 0.3) is 0 Å². The minimum absolute atomic E-state index is 0.0136. The van der Waals surface area contributed by atoms with Crippen LogP contribution in [0.5, 0.6) is 0 Å². The molecule has 0 heterocycles. The number of rotatable bonds is 7. The molecule has 0 radical (unpaired) electrons. The second kappa shape index (κ2) is 9.38. The summed E-state index contributed by atoms with van der Waals surface area (Å²) in [6, 6.07) is 17.9. The monoisotopic (exact) mass is 477 g/mol. The Kier molecular flexibility index (Phi) is 6.84. The molecular formula is C21H17Cl2N3O4S. The van der Waals surface area contributed by atoms with Crippen molar-refractivity contribution in [2.75, 3.05) is 16.2 Å². The largest absolute Gasteiger partial charge is 0.366 e. The van der Waals surface area contributed by atoms with Gasteiger partial charge in [0.25, 0.3) is 10.0 Å². The Bertz CT molecular complexity index is 1220. The highest BCUT2D eigenvalue weighted by molar-refractivity contribution is 7.92. The lowest BCUT2D eigenvalue weighted by atomic mass is 10.2. The van der Waals surface area contributed by atoms with Crippen LogP contribution in [0, 0.1) is 0 Å². The van der Waals surface area contributed by atoms with E-state index in [1.54, 1.807) is 18.2 Å². The highest BCUT2D eigenvalue weighted by atomic mass is 35.5. The van der Waals surface area contributed by atoms with Gasteiger partial charge >= 0.3 is 0 Å². The zero-order chi connectivity index (χ0) is 22.6.